The van der Waals surface area contributed by atoms with Gasteiger partial charge in [0.15, 0.2) is 0 Å². The van der Waals surface area contributed by atoms with E-state index < -0.39 is 0 Å². The smallest absolute Gasteiger partial charge is 0.242 e. The molecule has 2 N–H and O–H groups in total. The third kappa shape index (κ3) is 4.81. The Morgan fingerprint density at radius 3 is 2.58 bits per heavy atom. The number of aryl methyl sites for hydroxylation is 1. The van der Waals surface area contributed by atoms with Crippen LogP contribution in [0.1, 0.15) is 26.3 Å². The van der Waals surface area contributed by atoms with E-state index in [2.05, 4.69) is 24.5 Å². The second kappa shape index (κ2) is 7.02. The zero-order valence-electron chi connectivity index (χ0n) is 12.4. The van der Waals surface area contributed by atoms with Crippen molar-refractivity contribution in [2.75, 3.05) is 19.0 Å². The van der Waals surface area contributed by atoms with Crippen molar-refractivity contribution >= 4 is 11.6 Å². The van der Waals surface area contributed by atoms with E-state index in [1.807, 2.05) is 32.0 Å². The molecule has 0 aliphatic heterocycles. The molecule has 0 fully saturated rings. The molecule has 0 radical (unpaired) electrons. The van der Waals surface area contributed by atoms with Crippen molar-refractivity contribution in [3.05, 3.63) is 23.8 Å². The highest BCUT2D eigenvalue weighted by atomic mass is 16.5. The van der Waals surface area contributed by atoms with Crippen molar-refractivity contribution in [2.45, 2.75) is 33.7 Å². The van der Waals surface area contributed by atoms with Gasteiger partial charge in [0.25, 0.3) is 0 Å². The van der Waals surface area contributed by atoms with Crippen LogP contribution in [0.2, 0.25) is 0 Å². The van der Waals surface area contributed by atoms with E-state index in [-0.39, 0.29) is 11.9 Å². The fourth-order valence-electron chi connectivity index (χ4n) is 1.69. The minimum atomic E-state index is -0.297. The molecule has 4 nitrogen and oxygen atoms in total. The lowest BCUT2D eigenvalue weighted by Crippen LogP contribution is -2.39. The van der Waals surface area contributed by atoms with Gasteiger partial charge in [-0.1, -0.05) is 19.9 Å². The van der Waals surface area contributed by atoms with E-state index in [0.717, 1.165) is 17.0 Å². The minimum Gasteiger partial charge on any atom is -0.495 e. The molecule has 1 rings (SSSR count). The number of amides is 1. The van der Waals surface area contributed by atoms with Crippen molar-refractivity contribution in [3.63, 3.8) is 0 Å². The first-order valence-electron chi connectivity index (χ1n) is 6.63. The molecule has 1 amide bonds. The number of hydrogen-bond acceptors (Lipinski definition) is 3. The number of carbonyl (C=O) groups excluding carboxylic acids is 1. The fourth-order valence-corrected chi connectivity index (χ4v) is 1.69. The Morgan fingerprint density at radius 2 is 2.00 bits per heavy atom. The molecule has 106 valence electrons. The summed E-state index contributed by atoms with van der Waals surface area (Å²) >= 11 is 0. The number of nitrogens with one attached hydrogen (secondary N) is 2. The maximum absolute atomic E-state index is 11.9. The van der Waals surface area contributed by atoms with E-state index in [1.165, 1.54) is 0 Å². The fraction of sp³-hybridized carbons (Fsp3) is 0.533. The molecule has 4 heteroatoms. The first-order chi connectivity index (χ1) is 8.93. The Hall–Kier alpha value is -1.71. The Labute approximate surface area is 115 Å². The summed E-state index contributed by atoms with van der Waals surface area (Å²) in [5.41, 5.74) is 1.97. The van der Waals surface area contributed by atoms with Crippen LogP contribution < -0.4 is 15.4 Å². The molecule has 0 saturated carbocycles. The SMILES string of the molecule is COc1ccc(C)cc1NC(C)C(=O)NCC(C)C. The predicted molar refractivity (Wildman–Crippen MR) is 78.7 cm³/mol. The van der Waals surface area contributed by atoms with E-state index >= 15 is 0 Å². The molecule has 0 saturated heterocycles. The summed E-state index contributed by atoms with van der Waals surface area (Å²) in [7, 11) is 1.62. The Kier molecular flexibility index (Phi) is 5.67. The topological polar surface area (TPSA) is 50.4 Å². The lowest BCUT2D eigenvalue weighted by Gasteiger charge is -2.18. The van der Waals surface area contributed by atoms with E-state index in [9.17, 15) is 4.79 Å². The van der Waals surface area contributed by atoms with Crippen LogP contribution in [0.15, 0.2) is 18.2 Å². The molecule has 0 bridgehead atoms. The highest BCUT2D eigenvalue weighted by Gasteiger charge is 2.14. The summed E-state index contributed by atoms with van der Waals surface area (Å²) in [6.07, 6.45) is 0. The lowest BCUT2D eigenvalue weighted by molar-refractivity contribution is -0.121. The molecule has 1 atom stereocenters. The van der Waals surface area contributed by atoms with Crippen molar-refractivity contribution < 1.29 is 9.53 Å². The first kappa shape index (κ1) is 15.3. The number of benzene rings is 1. The van der Waals surface area contributed by atoms with Crippen LogP contribution in [0.4, 0.5) is 5.69 Å². The maximum atomic E-state index is 11.9. The summed E-state index contributed by atoms with van der Waals surface area (Å²) in [6.45, 7) is 8.69. The van der Waals surface area contributed by atoms with Gasteiger partial charge in [-0.3, -0.25) is 4.79 Å². The van der Waals surface area contributed by atoms with Crippen LogP contribution in [0.3, 0.4) is 0 Å². The van der Waals surface area contributed by atoms with Crippen LogP contribution in [0.25, 0.3) is 0 Å². The highest BCUT2D eigenvalue weighted by molar-refractivity contribution is 5.84. The highest BCUT2D eigenvalue weighted by Crippen LogP contribution is 2.25. The number of hydrogen-bond donors (Lipinski definition) is 2. The number of anilines is 1. The summed E-state index contributed by atoms with van der Waals surface area (Å²) in [5, 5.41) is 6.10. The largest absolute Gasteiger partial charge is 0.495 e. The molecule has 1 unspecified atom stereocenters. The summed E-state index contributed by atoms with van der Waals surface area (Å²) in [6, 6.07) is 5.56. The Morgan fingerprint density at radius 1 is 1.32 bits per heavy atom. The molecule has 0 spiro atoms. The van der Waals surface area contributed by atoms with Crippen molar-refractivity contribution in [3.8, 4) is 5.75 Å². The minimum absolute atomic E-state index is 0.00254. The molecule has 1 aromatic rings. The normalized spacial score (nSPS) is 12.1. The molecule has 0 heterocycles. The Bertz CT molecular complexity index is 430. The average Bonchev–Trinajstić information content (AvgIpc) is 2.36. The standard InChI is InChI=1S/C15H24N2O2/c1-10(2)9-16-15(18)12(4)17-13-8-11(3)6-7-14(13)19-5/h6-8,10,12,17H,9H2,1-5H3,(H,16,18). The number of rotatable bonds is 6. The van der Waals surface area contributed by atoms with Gasteiger partial charge in [-0.15, -0.1) is 0 Å². The van der Waals surface area contributed by atoms with Crippen LogP contribution in [0.5, 0.6) is 5.75 Å². The maximum Gasteiger partial charge on any atom is 0.242 e. The van der Waals surface area contributed by atoms with Gasteiger partial charge in [0.2, 0.25) is 5.91 Å². The predicted octanol–water partition coefficient (Wildman–Crippen LogP) is 2.58. The number of methoxy groups -OCH3 is 1. The van der Waals surface area contributed by atoms with Crippen molar-refractivity contribution in [1.29, 1.82) is 0 Å². The molecule has 19 heavy (non-hydrogen) atoms. The third-order valence-electron chi connectivity index (χ3n) is 2.80. The lowest BCUT2D eigenvalue weighted by atomic mass is 10.2. The number of carbonyl (C=O) groups is 1. The van der Waals surface area contributed by atoms with Gasteiger partial charge in [0, 0.05) is 6.54 Å². The van der Waals surface area contributed by atoms with E-state index in [0.29, 0.717) is 12.5 Å². The molecule has 0 aliphatic rings. The number of ether oxygens (including phenoxy) is 1. The van der Waals surface area contributed by atoms with Crippen molar-refractivity contribution in [2.24, 2.45) is 5.92 Å². The second-order valence-electron chi connectivity index (χ2n) is 5.21. The molecule has 0 aromatic heterocycles. The quantitative estimate of drug-likeness (QED) is 0.830. The zero-order valence-corrected chi connectivity index (χ0v) is 12.4. The van der Waals surface area contributed by atoms with Crippen LogP contribution in [-0.2, 0) is 4.79 Å². The van der Waals surface area contributed by atoms with Gasteiger partial charge in [-0.2, -0.15) is 0 Å². The van der Waals surface area contributed by atoms with E-state index in [1.54, 1.807) is 7.11 Å². The van der Waals surface area contributed by atoms with Crippen LogP contribution in [0, 0.1) is 12.8 Å². The molecular weight excluding hydrogens is 240 g/mol. The summed E-state index contributed by atoms with van der Waals surface area (Å²) in [5.74, 6) is 1.19. The van der Waals surface area contributed by atoms with E-state index in [4.69, 9.17) is 4.74 Å². The van der Waals surface area contributed by atoms with Crippen LogP contribution in [-0.4, -0.2) is 25.6 Å². The monoisotopic (exact) mass is 264 g/mol. The van der Waals surface area contributed by atoms with Gasteiger partial charge in [0.1, 0.15) is 11.8 Å². The summed E-state index contributed by atoms with van der Waals surface area (Å²) < 4.78 is 5.28. The summed E-state index contributed by atoms with van der Waals surface area (Å²) in [4.78, 5) is 11.9. The van der Waals surface area contributed by atoms with Gasteiger partial charge in [0.05, 0.1) is 12.8 Å². The third-order valence-corrected chi connectivity index (χ3v) is 2.80. The van der Waals surface area contributed by atoms with Gasteiger partial charge < -0.3 is 15.4 Å². The van der Waals surface area contributed by atoms with Crippen LogP contribution >= 0.6 is 0 Å². The first-order valence-corrected chi connectivity index (χ1v) is 6.63. The molecule has 0 aliphatic carbocycles. The van der Waals surface area contributed by atoms with Crippen molar-refractivity contribution in [1.82, 2.24) is 5.32 Å². The molecular formula is C15H24N2O2. The zero-order chi connectivity index (χ0) is 14.4. The van der Waals surface area contributed by atoms with Gasteiger partial charge in [-0.25, -0.2) is 0 Å². The Balaban J connectivity index is 2.68. The van der Waals surface area contributed by atoms with Gasteiger partial charge >= 0.3 is 0 Å². The second-order valence-corrected chi connectivity index (χ2v) is 5.21. The average molecular weight is 264 g/mol. The van der Waals surface area contributed by atoms with Gasteiger partial charge in [-0.05, 0) is 37.5 Å². The molecule has 1 aromatic carbocycles.